The van der Waals surface area contributed by atoms with E-state index in [1.165, 1.54) is 6.07 Å². The molecule has 1 aromatic rings. The van der Waals surface area contributed by atoms with Crippen molar-refractivity contribution in [1.29, 1.82) is 0 Å². The molecule has 0 fully saturated rings. The Bertz CT molecular complexity index is 319. The minimum atomic E-state index is -0.505. The fraction of sp³-hybridized carbons (Fsp3) is 0. The largest absolute Gasteiger partial charge is 0.322 e. The molecule has 0 radical (unpaired) electrons. The lowest BCUT2D eigenvalue weighted by molar-refractivity contribution is 0.626. The predicted octanol–water partition coefficient (Wildman–Crippen LogP) is 3.29. The minimum absolute atomic E-state index is 0.00569. The molecule has 6 heteroatoms. The van der Waals surface area contributed by atoms with Crippen molar-refractivity contribution < 1.29 is 4.39 Å². The Morgan fingerprint density at radius 2 is 2.08 bits per heavy atom. The highest BCUT2D eigenvalue weighted by Crippen LogP contribution is 2.37. The molecule has 66 valence electrons. The molecular formula is C6H4Br2ClFN2. The second-order valence-corrected chi connectivity index (χ2v) is 4.01. The molecule has 0 spiro atoms. The summed E-state index contributed by atoms with van der Waals surface area (Å²) in [5.74, 6) is 4.67. The normalized spacial score (nSPS) is 10.1. The molecule has 0 saturated heterocycles. The van der Waals surface area contributed by atoms with Gasteiger partial charge in [-0.05, 0) is 37.9 Å². The lowest BCUT2D eigenvalue weighted by Gasteiger charge is -2.08. The third kappa shape index (κ3) is 1.74. The molecule has 0 bridgehead atoms. The average Bonchev–Trinajstić information content (AvgIpc) is 2.01. The topological polar surface area (TPSA) is 38.0 Å². The van der Waals surface area contributed by atoms with E-state index in [1.54, 1.807) is 0 Å². The van der Waals surface area contributed by atoms with E-state index in [0.29, 0.717) is 14.6 Å². The van der Waals surface area contributed by atoms with Crippen LogP contribution in [0.15, 0.2) is 15.0 Å². The molecule has 0 aliphatic carbocycles. The molecule has 3 N–H and O–H groups in total. The summed E-state index contributed by atoms with van der Waals surface area (Å²) in [6, 6.07) is 1.24. The number of halogens is 4. The number of anilines is 1. The molecule has 0 saturated carbocycles. The van der Waals surface area contributed by atoms with Gasteiger partial charge in [0.2, 0.25) is 0 Å². The zero-order valence-corrected chi connectivity index (χ0v) is 9.59. The van der Waals surface area contributed by atoms with Crippen LogP contribution in [0.1, 0.15) is 0 Å². The summed E-state index contributed by atoms with van der Waals surface area (Å²) in [6.45, 7) is 0. The third-order valence-electron chi connectivity index (χ3n) is 1.26. The van der Waals surface area contributed by atoms with Crippen molar-refractivity contribution in [3.05, 3.63) is 25.9 Å². The number of nitrogens with one attached hydrogen (secondary N) is 1. The van der Waals surface area contributed by atoms with E-state index in [-0.39, 0.29) is 5.02 Å². The highest BCUT2D eigenvalue weighted by molar-refractivity contribution is 9.11. The zero-order chi connectivity index (χ0) is 9.30. The summed E-state index contributed by atoms with van der Waals surface area (Å²) < 4.78 is 13.8. The molecular weight excluding hydrogens is 314 g/mol. The van der Waals surface area contributed by atoms with Crippen LogP contribution in [0.25, 0.3) is 0 Å². The van der Waals surface area contributed by atoms with E-state index in [4.69, 9.17) is 17.4 Å². The first-order valence-electron chi connectivity index (χ1n) is 2.87. The van der Waals surface area contributed by atoms with Crippen molar-refractivity contribution in [3.63, 3.8) is 0 Å². The number of benzene rings is 1. The first-order chi connectivity index (χ1) is 5.57. The molecule has 0 heterocycles. The van der Waals surface area contributed by atoms with E-state index in [9.17, 15) is 4.39 Å². The van der Waals surface area contributed by atoms with Crippen LogP contribution in [0.5, 0.6) is 0 Å². The molecule has 0 aliphatic rings. The van der Waals surface area contributed by atoms with Gasteiger partial charge in [0.15, 0.2) is 0 Å². The maximum atomic E-state index is 12.9. The average molecular weight is 318 g/mol. The van der Waals surface area contributed by atoms with Crippen LogP contribution >= 0.6 is 43.5 Å². The second-order valence-electron chi connectivity index (χ2n) is 1.99. The van der Waals surface area contributed by atoms with Crippen molar-refractivity contribution in [2.75, 3.05) is 5.43 Å². The van der Waals surface area contributed by atoms with Gasteiger partial charge in [0.1, 0.15) is 5.82 Å². The Labute approximate surface area is 90.5 Å². The van der Waals surface area contributed by atoms with Crippen LogP contribution in [0.2, 0.25) is 5.02 Å². The van der Waals surface area contributed by atoms with Gasteiger partial charge in [0.25, 0.3) is 0 Å². The van der Waals surface area contributed by atoms with Crippen molar-refractivity contribution in [3.8, 4) is 0 Å². The van der Waals surface area contributed by atoms with Gasteiger partial charge in [0, 0.05) is 4.47 Å². The standard InChI is InChI=1S/C6H4Br2ClFN2/c7-2-1-3(10)5(9)4(8)6(2)12-11/h1,12H,11H2. The lowest BCUT2D eigenvalue weighted by Crippen LogP contribution is -2.08. The van der Waals surface area contributed by atoms with Crippen LogP contribution < -0.4 is 11.3 Å². The van der Waals surface area contributed by atoms with E-state index in [2.05, 4.69) is 37.3 Å². The second kappa shape index (κ2) is 3.91. The number of nitrogen functional groups attached to an aromatic ring is 1. The number of hydrazine groups is 1. The molecule has 0 amide bonds. The van der Waals surface area contributed by atoms with Gasteiger partial charge in [0.05, 0.1) is 15.2 Å². The summed E-state index contributed by atoms with van der Waals surface area (Å²) >= 11 is 11.8. The monoisotopic (exact) mass is 316 g/mol. The molecule has 0 aromatic heterocycles. The van der Waals surface area contributed by atoms with Gasteiger partial charge in [-0.15, -0.1) is 0 Å². The van der Waals surface area contributed by atoms with E-state index in [1.807, 2.05) is 0 Å². The molecule has 1 rings (SSSR count). The fourth-order valence-electron chi connectivity index (χ4n) is 0.699. The summed E-state index contributed by atoms with van der Waals surface area (Å²) in [5.41, 5.74) is 2.90. The molecule has 12 heavy (non-hydrogen) atoms. The van der Waals surface area contributed by atoms with Crippen molar-refractivity contribution >= 4 is 49.1 Å². The predicted molar refractivity (Wildman–Crippen MR) is 54.6 cm³/mol. The molecule has 2 nitrogen and oxygen atoms in total. The lowest BCUT2D eigenvalue weighted by atomic mass is 10.3. The molecule has 0 atom stereocenters. The van der Waals surface area contributed by atoms with Crippen LogP contribution in [-0.2, 0) is 0 Å². The number of nitrogens with two attached hydrogens (primary N) is 1. The smallest absolute Gasteiger partial charge is 0.144 e. The summed E-state index contributed by atoms with van der Waals surface area (Å²) in [5, 5.41) is 0.00569. The van der Waals surface area contributed by atoms with Gasteiger partial charge >= 0.3 is 0 Å². The Morgan fingerprint density at radius 3 is 2.58 bits per heavy atom. The van der Waals surface area contributed by atoms with E-state index in [0.717, 1.165) is 0 Å². The maximum absolute atomic E-state index is 12.9. The van der Waals surface area contributed by atoms with Gasteiger partial charge in [-0.25, -0.2) is 4.39 Å². The molecule has 0 aliphatic heterocycles. The van der Waals surface area contributed by atoms with Gasteiger partial charge in [-0.2, -0.15) is 0 Å². The molecule has 0 unspecified atom stereocenters. The highest BCUT2D eigenvalue weighted by Gasteiger charge is 2.12. The van der Waals surface area contributed by atoms with Crippen molar-refractivity contribution in [2.24, 2.45) is 5.84 Å². The van der Waals surface area contributed by atoms with Crippen LogP contribution in [0, 0.1) is 5.82 Å². The van der Waals surface area contributed by atoms with Gasteiger partial charge in [-0.1, -0.05) is 11.6 Å². The van der Waals surface area contributed by atoms with Crippen LogP contribution in [0.3, 0.4) is 0 Å². The first kappa shape index (κ1) is 10.2. The third-order valence-corrected chi connectivity index (χ3v) is 3.27. The maximum Gasteiger partial charge on any atom is 0.144 e. The Balaban J connectivity index is 3.40. The van der Waals surface area contributed by atoms with E-state index >= 15 is 0 Å². The van der Waals surface area contributed by atoms with Gasteiger partial charge < -0.3 is 5.43 Å². The van der Waals surface area contributed by atoms with Crippen molar-refractivity contribution in [1.82, 2.24) is 0 Å². The highest BCUT2D eigenvalue weighted by atomic mass is 79.9. The van der Waals surface area contributed by atoms with Crippen LogP contribution in [0.4, 0.5) is 10.1 Å². The first-order valence-corrected chi connectivity index (χ1v) is 4.84. The summed E-state index contributed by atoms with van der Waals surface area (Å²) in [4.78, 5) is 0. The Hall–Kier alpha value is 0.160. The van der Waals surface area contributed by atoms with Gasteiger partial charge in [-0.3, -0.25) is 5.84 Å². The number of hydrogen-bond acceptors (Lipinski definition) is 2. The SMILES string of the molecule is NNc1c(Br)cc(F)c(Cl)c1Br. The summed E-state index contributed by atoms with van der Waals surface area (Å²) in [7, 11) is 0. The van der Waals surface area contributed by atoms with E-state index < -0.39 is 5.82 Å². The van der Waals surface area contributed by atoms with Crippen molar-refractivity contribution in [2.45, 2.75) is 0 Å². The Kier molecular flexibility index (Phi) is 3.34. The number of rotatable bonds is 1. The summed E-state index contributed by atoms with van der Waals surface area (Å²) in [6.07, 6.45) is 0. The Morgan fingerprint density at radius 1 is 1.50 bits per heavy atom. The molecule has 1 aromatic carbocycles. The quantitative estimate of drug-likeness (QED) is 0.361. The number of hydrogen-bond donors (Lipinski definition) is 2. The van der Waals surface area contributed by atoms with Crippen LogP contribution in [-0.4, -0.2) is 0 Å². The minimum Gasteiger partial charge on any atom is -0.322 e. The fourth-order valence-corrected chi connectivity index (χ4v) is 2.14. The zero-order valence-electron chi connectivity index (χ0n) is 5.67.